The largest absolute Gasteiger partial charge is 0.473 e. The van der Waals surface area contributed by atoms with Crippen LogP contribution in [-0.2, 0) is 20.3 Å². The minimum Gasteiger partial charge on any atom is -0.473 e. The Bertz CT molecular complexity index is 1610. The summed E-state index contributed by atoms with van der Waals surface area (Å²) in [5.74, 6) is 0.591. The van der Waals surface area contributed by atoms with Crippen LogP contribution in [0.2, 0.25) is 0 Å². The molecule has 186 valence electrons. The van der Waals surface area contributed by atoms with Gasteiger partial charge >= 0.3 is 11.8 Å². The van der Waals surface area contributed by atoms with Gasteiger partial charge in [0.1, 0.15) is 18.9 Å². The summed E-state index contributed by atoms with van der Waals surface area (Å²) in [5, 5.41) is 11.4. The van der Waals surface area contributed by atoms with Gasteiger partial charge in [0.05, 0.1) is 11.0 Å². The summed E-state index contributed by atoms with van der Waals surface area (Å²) in [6.07, 6.45) is -1.18. The molecule has 1 amide bonds. The highest BCUT2D eigenvalue weighted by Gasteiger charge is 2.19. The van der Waals surface area contributed by atoms with Crippen molar-refractivity contribution in [3.8, 4) is 17.4 Å². The number of pyridine rings is 1. The van der Waals surface area contributed by atoms with Crippen LogP contribution in [0.15, 0.2) is 95.8 Å². The SMILES string of the molecule is Cn1c(=O)n(-c2ccc(OCc3ccccc3)nc2OCc2ccccc2)c2ccc(NC(=O)O)cc21. The minimum atomic E-state index is -1.18. The zero-order valence-corrected chi connectivity index (χ0v) is 20.0. The van der Waals surface area contributed by atoms with Crippen molar-refractivity contribution in [3.05, 3.63) is 113 Å². The first-order valence-electron chi connectivity index (χ1n) is 11.6. The van der Waals surface area contributed by atoms with Crippen molar-refractivity contribution in [3.63, 3.8) is 0 Å². The van der Waals surface area contributed by atoms with Crippen LogP contribution in [0.5, 0.6) is 11.8 Å². The molecule has 9 nitrogen and oxygen atoms in total. The van der Waals surface area contributed by atoms with Crippen molar-refractivity contribution in [2.45, 2.75) is 13.2 Å². The van der Waals surface area contributed by atoms with E-state index in [1.165, 1.54) is 9.13 Å². The van der Waals surface area contributed by atoms with E-state index in [9.17, 15) is 9.59 Å². The summed E-state index contributed by atoms with van der Waals surface area (Å²) in [6.45, 7) is 0.577. The lowest BCUT2D eigenvalue weighted by Crippen LogP contribution is -2.21. The molecule has 2 aromatic heterocycles. The molecule has 5 rings (SSSR count). The molecule has 0 saturated heterocycles. The first-order chi connectivity index (χ1) is 18.0. The maximum absolute atomic E-state index is 13.3. The van der Waals surface area contributed by atoms with Crippen LogP contribution in [-0.4, -0.2) is 25.3 Å². The third-order valence-electron chi connectivity index (χ3n) is 5.81. The monoisotopic (exact) mass is 496 g/mol. The summed E-state index contributed by atoms with van der Waals surface area (Å²) in [6, 6.07) is 27.7. The smallest absolute Gasteiger partial charge is 0.409 e. The van der Waals surface area contributed by atoms with E-state index in [1.807, 2.05) is 60.7 Å². The first kappa shape index (κ1) is 23.7. The van der Waals surface area contributed by atoms with Crippen molar-refractivity contribution in [2.24, 2.45) is 7.05 Å². The molecular weight excluding hydrogens is 472 g/mol. The zero-order valence-electron chi connectivity index (χ0n) is 20.0. The summed E-state index contributed by atoms with van der Waals surface area (Å²) in [5.41, 5.74) is 3.54. The molecule has 37 heavy (non-hydrogen) atoms. The van der Waals surface area contributed by atoms with Gasteiger partial charge in [-0.3, -0.25) is 14.5 Å². The summed E-state index contributed by atoms with van der Waals surface area (Å²) < 4.78 is 15.0. The predicted molar refractivity (Wildman–Crippen MR) is 140 cm³/mol. The lowest BCUT2D eigenvalue weighted by Gasteiger charge is -2.14. The molecule has 2 N–H and O–H groups in total. The van der Waals surface area contributed by atoms with Crippen LogP contribution < -0.4 is 20.5 Å². The van der Waals surface area contributed by atoms with Gasteiger partial charge in [-0.05, 0) is 35.4 Å². The number of rotatable bonds is 8. The number of nitrogens with zero attached hydrogens (tertiary/aromatic N) is 3. The topological polar surface area (TPSA) is 108 Å². The molecule has 0 atom stereocenters. The molecule has 0 aliphatic rings. The predicted octanol–water partition coefficient (Wildman–Crippen LogP) is 4.97. The van der Waals surface area contributed by atoms with Gasteiger partial charge in [-0.15, -0.1) is 0 Å². The normalized spacial score (nSPS) is 10.8. The molecule has 2 heterocycles. The molecular formula is C28H24N4O5. The number of fused-ring (bicyclic) bond motifs is 1. The van der Waals surface area contributed by atoms with Crippen LogP contribution in [0.25, 0.3) is 16.7 Å². The van der Waals surface area contributed by atoms with E-state index < -0.39 is 6.09 Å². The average molecular weight is 497 g/mol. The Labute approximate surface area is 212 Å². The number of anilines is 1. The van der Waals surface area contributed by atoms with Crippen molar-refractivity contribution < 1.29 is 19.4 Å². The molecule has 0 unspecified atom stereocenters. The summed E-state index contributed by atoms with van der Waals surface area (Å²) in [7, 11) is 1.63. The second-order valence-electron chi connectivity index (χ2n) is 8.33. The van der Waals surface area contributed by atoms with Gasteiger partial charge in [0.25, 0.3) is 0 Å². The number of carbonyl (C=O) groups is 1. The molecule has 9 heteroatoms. The Hall–Kier alpha value is -5.05. The fourth-order valence-electron chi connectivity index (χ4n) is 4.00. The van der Waals surface area contributed by atoms with E-state index >= 15 is 0 Å². The van der Waals surface area contributed by atoms with Crippen molar-refractivity contribution >= 4 is 22.8 Å². The van der Waals surface area contributed by atoms with E-state index in [0.717, 1.165) is 11.1 Å². The van der Waals surface area contributed by atoms with Gasteiger partial charge in [-0.2, -0.15) is 4.98 Å². The Morgan fingerprint density at radius 1 is 0.865 bits per heavy atom. The molecule has 3 aromatic carbocycles. The number of ether oxygens (including phenoxy) is 2. The lowest BCUT2D eigenvalue weighted by atomic mass is 10.2. The number of hydrogen-bond donors (Lipinski definition) is 2. The van der Waals surface area contributed by atoms with Gasteiger partial charge in [0.15, 0.2) is 0 Å². The molecule has 0 aliphatic heterocycles. The van der Waals surface area contributed by atoms with E-state index in [-0.39, 0.29) is 18.2 Å². The highest BCUT2D eigenvalue weighted by Crippen LogP contribution is 2.28. The number of aromatic nitrogens is 3. The number of imidazole rings is 1. The van der Waals surface area contributed by atoms with E-state index in [1.54, 1.807) is 37.4 Å². The Kier molecular flexibility index (Phi) is 6.58. The van der Waals surface area contributed by atoms with E-state index in [4.69, 9.17) is 14.6 Å². The first-order valence-corrected chi connectivity index (χ1v) is 11.6. The number of hydrogen-bond acceptors (Lipinski definition) is 5. The molecule has 0 radical (unpaired) electrons. The average Bonchev–Trinajstić information content (AvgIpc) is 3.16. The van der Waals surface area contributed by atoms with Crippen molar-refractivity contribution in [2.75, 3.05) is 5.32 Å². The summed E-state index contributed by atoms with van der Waals surface area (Å²) in [4.78, 5) is 29.0. The third kappa shape index (κ3) is 5.15. The van der Waals surface area contributed by atoms with Crippen molar-refractivity contribution in [1.29, 1.82) is 0 Å². The second kappa shape index (κ2) is 10.3. The van der Waals surface area contributed by atoms with Gasteiger partial charge in [-0.25, -0.2) is 9.59 Å². The van der Waals surface area contributed by atoms with Gasteiger partial charge in [-0.1, -0.05) is 60.7 Å². The van der Waals surface area contributed by atoms with Crippen LogP contribution in [0.3, 0.4) is 0 Å². The highest BCUT2D eigenvalue weighted by molar-refractivity contribution is 5.88. The fourth-order valence-corrected chi connectivity index (χ4v) is 4.00. The number of carboxylic acid groups (broad SMARTS) is 1. The molecule has 0 saturated carbocycles. The van der Waals surface area contributed by atoms with Gasteiger partial charge in [0.2, 0.25) is 11.8 Å². The lowest BCUT2D eigenvalue weighted by molar-refractivity contribution is 0.209. The zero-order chi connectivity index (χ0) is 25.8. The molecule has 0 spiro atoms. The number of amides is 1. The van der Waals surface area contributed by atoms with E-state index in [0.29, 0.717) is 34.9 Å². The van der Waals surface area contributed by atoms with Gasteiger partial charge in [0, 0.05) is 18.8 Å². The Morgan fingerprint density at radius 2 is 1.51 bits per heavy atom. The maximum atomic E-state index is 13.3. The van der Waals surface area contributed by atoms with Crippen LogP contribution in [0.1, 0.15) is 11.1 Å². The summed E-state index contributed by atoms with van der Waals surface area (Å²) >= 11 is 0. The number of aryl methyl sites for hydroxylation is 1. The fraction of sp³-hybridized carbons (Fsp3) is 0.107. The molecule has 0 bridgehead atoms. The van der Waals surface area contributed by atoms with Crippen LogP contribution >= 0.6 is 0 Å². The van der Waals surface area contributed by atoms with Crippen LogP contribution in [0, 0.1) is 0 Å². The number of nitrogens with one attached hydrogen (secondary N) is 1. The third-order valence-corrected chi connectivity index (χ3v) is 5.81. The molecule has 0 aliphatic carbocycles. The Balaban J connectivity index is 1.55. The second-order valence-corrected chi connectivity index (χ2v) is 8.33. The Morgan fingerprint density at radius 3 is 2.16 bits per heavy atom. The maximum Gasteiger partial charge on any atom is 0.409 e. The standard InChI is InChI=1S/C28H24N4O5/c1-31-24-16-21(29-27(33)34)12-13-22(24)32(28(31)35)23-14-15-25(36-17-19-8-4-2-5-9-19)30-26(23)37-18-20-10-6-3-7-11-20/h2-16,29H,17-18H2,1H3,(H,33,34). The van der Waals surface area contributed by atoms with Crippen LogP contribution in [0.4, 0.5) is 10.5 Å². The molecule has 5 aromatic rings. The molecule has 0 fully saturated rings. The highest BCUT2D eigenvalue weighted by atomic mass is 16.5. The quantitative estimate of drug-likeness (QED) is 0.314. The van der Waals surface area contributed by atoms with E-state index in [2.05, 4.69) is 10.3 Å². The van der Waals surface area contributed by atoms with Gasteiger partial charge < -0.3 is 14.6 Å². The van der Waals surface area contributed by atoms with Crippen molar-refractivity contribution in [1.82, 2.24) is 14.1 Å². The number of benzene rings is 3. The minimum absolute atomic E-state index is 0.233.